The summed E-state index contributed by atoms with van der Waals surface area (Å²) in [5.74, 6) is 0. The molecule has 1 aliphatic rings. The summed E-state index contributed by atoms with van der Waals surface area (Å²) < 4.78 is 0.600. The topological polar surface area (TPSA) is 28.2 Å². The minimum Gasteiger partial charge on any atom is -0.380 e. The molecular formula is C14H16ClN3S. The van der Waals surface area contributed by atoms with Crippen LogP contribution in [0.1, 0.15) is 17.7 Å². The van der Waals surface area contributed by atoms with Crippen molar-refractivity contribution in [2.75, 3.05) is 23.3 Å². The SMILES string of the molecule is Clc1ncc(CNc2cccc(N3CCCC3)c2)s1. The van der Waals surface area contributed by atoms with Crippen molar-refractivity contribution in [1.29, 1.82) is 0 Å². The standard InChI is InChI=1S/C14H16ClN3S/c15-14-17-10-13(19-14)9-16-11-4-3-5-12(8-11)18-6-1-2-7-18/h3-5,8,10,16H,1-2,6-7,9H2. The van der Waals surface area contributed by atoms with Gasteiger partial charge in [-0.1, -0.05) is 17.7 Å². The molecule has 1 N–H and O–H groups in total. The predicted octanol–water partition coefficient (Wildman–Crippen LogP) is 4.01. The molecule has 0 unspecified atom stereocenters. The molecule has 0 spiro atoms. The molecule has 3 nitrogen and oxygen atoms in total. The van der Waals surface area contributed by atoms with Gasteiger partial charge in [0.05, 0.1) is 6.54 Å². The quantitative estimate of drug-likeness (QED) is 0.923. The number of benzene rings is 1. The summed E-state index contributed by atoms with van der Waals surface area (Å²) in [7, 11) is 0. The molecule has 2 heterocycles. The Morgan fingerprint density at radius 1 is 1.32 bits per heavy atom. The lowest BCUT2D eigenvalue weighted by atomic mass is 10.2. The van der Waals surface area contributed by atoms with Crippen LogP contribution in [0.15, 0.2) is 30.5 Å². The number of halogens is 1. The minimum absolute atomic E-state index is 0.600. The third-order valence-corrected chi connectivity index (χ3v) is 4.42. The number of nitrogens with zero attached hydrogens (tertiary/aromatic N) is 2. The van der Waals surface area contributed by atoms with Gasteiger partial charge in [0.1, 0.15) is 0 Å². The van der Waals surface area contributed by atoms with E-state index in [1.54, 1.807) is 0 Å². The molecule has 3 rings (SSSR count). The van der Waals surface area contributed by atoms with Gasteiger partial charge in [0.15, 0.2) is 4.47 Å². The summed E-state index contributed by atoms with van der Waals surface area (Å²) in [5, 5.41) is 3.42. The first-order valence-electron chi connectivity index (χ1n) is 6.50. The number of hydrogen-bond acceptors (Lipinski definition) is 4. The van der Waals surface area contributed by atoms with Crippen LogP contribution in [0.3, 0.4) is 0 Å². The van der Waals surface area contributed by atoms with Gasteiger partial charge in [-0.2, -0.15) is 0 Å². The van der Waals surface area contributed by atoms with Crippen LogP contribution >= 0.6 is 22.9 Å². The van der Waals surface area contributed by atoms with Crippen molar-refractivity contribution in [1.82, 2.24) is 4.98 Å². The Balaban J connectivity index is 1.65. The molecule has 0 saturated carbocycles. The zero-order valence-corrected chi connectivity index (χ0v) is 12.2. The highest BCUT2D eigenvalue weighted by molar-refractivity contribution is 7.15. The molecule has 0 radical (unpaired) electrons. The molecule has 0 amide bonds. The molecule has 0 aliphatic carbocycles. The first kappa shape index (κ1) is 12.8. The van der Waals surface area contributed by atoms with E-state index in [2.05, 4.69) is 39.5 Å². The maximum atomic E-state index is 5.83. The molecule has 19 heavy (non-hydrogen) atoms. The van der Waals surface area contributed by atoms with Crippen molar-refractivity contribution in [3.05, 3.63) is 39.8 Å². The third kappa shape index (κ3) is 3.19. The van der Waals surface area contributed by atoms with E-state index in [4.69, 9.17) is 11.6 Å². The predicted molar refractivity (Wildman–Crippen MR) is 82.3 cm³/mol. The van der Waals surface area contributed by atoms with Crippen molar-refractivity contribution >= 4 is 34.3 Å². The number of aromatic nitrogens is 1. The smallest absolute Gasteiger partial charge is 0.183 e. The maximum absolute atomic E-state index is 5.83. The lowest BCUT2D eigenvalue weighted by Crippen LogP contribution is -2.17. The highest BCUT2D eigenvalue weighted by atomic mass is 35.5. The van der Waals surface area contributed by atoms with Crippen molar-refractivity contribution < 1.29 is 0 Å². The monoisotopic (exact) mass is 293 g/mol. The number of rotatable bonds is 4. The van der Waals surface area contributed by atoms with E-state index < -0.39 is 0 Å². The van der Waals surface area contributed by atoms with Crippen LogP contribution in [0.5, 0.6) is 0 Å². The van der Waals surface area contributed by atoms with Gasteiger partial charge in [-0.3, -0.25) is 0 Å². The van der Waals surface area contributed by atoms with Crippen molar-refractivity contribution in [2.45, 2.75) is 19.4 Å². The lowest BCUT2D eigenvalue weighted by Gasteiger charge is -2.18. The Kier molecular flexibility index (Phi) is 3.89. The zero-order chi connectivity index (χ0) is 13.1. The van der Waals surface area contributed by atoms with Gasteiger partial charge in [-0.05, 0) is 31.0 Å². The van der Waals surface area contributed by atoms with E-state index in [0.29, 0.717) is 4.47 Å². The Morgan fingerprint density at radius 3 is 2.89 bits per heavy atom. The zero-order valence-electron chi connectivity index (χ0n) is 10.6. The molecule has 1 fully saturated rings. The molecule has 0 bridgehead atoms. The van der Waals surface area contributed by atoms with Crippen LogP contribution < -0.4 is 10.2 Å². The number of nitrogens with one attached hydrogen (secondary N) is 1. The summed E-state index contributed by atoms with van der Waals surface area (Å²) in [5.41, 5.74) is 2.46. The van der Waals surface area contributed by atoms with Gasteiger partial charge in [-0.25, -0.2) is 4.98 Å². The maximum Gasteiger partial charge on any atom is 0.183 e. The van der Waals surface area contributed by atoms with Crippen LogP contribution in [0.25, 0.3) is 0 Å². The van der Waals surface area contributed by atoms with Gasteiger partial charge in [0.25, 0.3) is 0 Å². The third-order valence-electron chi connectivity index (χ3n) is 3.31. The van der Waals surface area contributed by atoms with Gasteiger partial charge in [0, 0.05) is 35.5 Å². The molecule has 1 aromatic carbocycles. The van der Waals surface area contributed by atoms with E-state index in [0.717, 1.165) is 17.1 Å². The summed E-state index contributed by atoms with van der Waals surface area (Å²) in [4.78, 5) is 7.63. The molecule has 100 valence electrons. The Morgan fingerprint density at radius 2 is 2.16 bits per heavy atom. The van der Waals surface area contributed by atoms with Crippen LogP contribution in [0, 0.1) is 0 Å². The fourth-order valence-corrected chi connectivity index (χ4v) is 3.26. The first-order chi connectivity index (χ1) is 9.31. The average Bonchev–Trinajstić information content (AvgIpc) is 3.08. The first-order valence-corrected chi connectivity index (χ1v) is 7.70. The highest BCUT2D eigenvalue weighted by Crippen LogP contribution is 2.24. The van der Waals surface area contributed by atoms with Gasteiger partial charge < -0.3 is 10.2 Å². The molecule has 1 saturated heterocycles. The van der Waals surface area contributed by atoms with Crippen molar-refractivity contribution in [3.8, 4) is 0 Å². The van der Waals surface area contributed by atoms with Crippen LogP contribution in [-0.2, 0) is 6.54 Å². The second-order valence-corrected chi connectivity index (χ2v) is 6.37. The summed E-state index contributed by atoms with van der Waals surface area (Å²) in [6.45, 7) is 3.12. The fourth-order valence-electron chi connectivity index (χ4n) is 2.34. The summed E-state index contributed by atoms with van der Waals surface area (Å²) in [6, 6.07) is 8.60. The molecule has 2 aromatic rings. The second-order valence-electron chi connectivity index (χ2n) is 4.68. The molecule has 1 aliphatic heterocycles. The lowest BCUT2D eigenvalue weighted by molar-refractivity contribution is 0.949. The Bertz CT molecular complexity index is 549. The van der Waals surface area contributed by atoms with Crippen LogP contribution in [-0.4, -0.2) is 18.1 Å². The van der Waals surface area contributed by atoms with Gasteiger partial charge >= 0.3 is 0 Å². The summed E-state index contributed by atoms with van der Waals surface area (Å²) >= 11 is 7.34. The van der Waals surface area contributed by atoms with Crippen LogP contribution in [0.4, 0.5) is 11.4 Å². The second kappa shape index (κ2) is 5.80. The van der Waals surface area contributed by atoms with Crippen molar-refractivity contribution in [2.24, 2.45) is 0 Å². The largest absolute Gasteiger partial charge is 0.380 e. The highest BCUT2D eigenvalue weighted by Gasteiger charge is 2.12. The fraction of sp³-hybridized carbons (Fsp3) is 0.357. The molecular weight excluding hydrogens is 278 g/mol. The molecule has 5 heteroatoms. The van der Waals surface area contributed by atoms with Crippen molar-refractivity contribution in [3.63, 3.8) is 0 Å². The van der Waals surface area contributed by atoms with E-state index in [1.807, 2.05) is 6.20 Å². The van der Waals surface area contributed by atoms with Gasteiger partial charge in [-0.15, -0.1) is 11.3 Å². The van der Waals surface area contributed by atoms with E-state index >= 15 is 0 Å². The number of anilines is 2. The normalized spacial score (nSPS) is 14.9. The van der Waals surface area contributed by atoms with Crippen LogP contribution in [0.2, 0.25) is 4.47 Å². The number of hydrogen-bond donors (Lipinski definition) is 1. The Labute approximate surface area is 122 Å². The van der Waals surface area contributed by atoms with Gasteiger partial charge in [0.2, 0.25) is 0 Å². The summed E-state index contributed by atoms with van der Waals surface area (Å²) in [6.07, 6.45) is 4.43. The molecule has 1 aromatic heterocycles. The number of thiazole rings is 1. The minimum atomic E-state index is 0.600. The van der Waals surface area contributed by atoms with E-state index in [-0.39, 0.29) is 0 Å². The molecule has 0 atom stereocenters. The van der Waals surface area contributed by atoms with E-state index in [9.17, 15) is 0 Å². The Hall–Kier alpha value is -1.26. The average molecular weight is 294 g/mol. The van der Waals surface area contributed by atoms with E-state index in [1.165, 1.54) is 43.0 Å².